The lowest BCUT2D eigenvalue weighted by Crippen LogP contribution is -2.45. The lowest BCUT2D eigenvalue weighted by atomic mass is 10.1. The molecule has 0 aliphatic carbocycles. The van der Waals surface area contributed by atoms with Crippen molar-refractivity contribution in [3.8, 4) is 11.5 Å². The Hall–Kier alpha value is -2.31. The van der Waals surface area contributed by atoms with Gasteiger partial charge in [0.15, 0.2) is 0 Å². The SMILES string of the molecule is COc1ccc(OC)c(CN2CCN(Cc3ccn(C)c(=O)c3)CC2)c1. The van der Waals surface area contributed by atoms with Gasteiger partial charge in [0.25, 0.3) is 5.56 Å². The predicted octanol–water partition coefficient (Wildman–Crippen LogP) is 1.72. The molecule has 1 saturated heterocycles. The van der Waals surface area contributed by atoms with Crippen molar-refractivity contribution in [2.75, 3.05) is 40.4 Å². The number of aryl methyl sites for hydroxylation is 1. The highest BCUT2D eigenvalue weighted by molar-refractivity contribution is 5.40. The van der Waals surface area contributed by atoms with Crippen LogP contribution in [0.2, 0.25) is 0 Å². The van der Waals surface area contributed by atoms with E-state index in [1.807, 2.05) is 30.5 Å². The van der Waals surface area contributed by atoms with Crippen LogP contribution >= 0.6 is 0 Å². The first-order valence-electron chi connectivity index (χ1n) is 8.90. The van der Waals surface area contributed by atoms with E-state index >= 15 is 0 Å². The van der Waals surface area contributed by atoms with E-state index in [2.05, 4.69) is 9.80 Å². The number of rotatable bonds is 6. The second kappa shape index (κ2) is 8.38. The molecule has 0 radical (unpaired) electrons. The van der Waals surface area contributed by atoms with E-state index in [0.717, 1.165) is 61.9 Å². The third kappa shape index (κ3) is 4.45. The first-order chi connectivity index (χ1) is 12.6. The van der Waals surface area contributed by atoms with Gasteiger partial charge in [-0.25, -0.2) is 0 Å². The Morgan fingerprint density at radius 1 is 0.923 bits per heavy atom. The molecule has 2 heterocycles. The van der Waals surface area contributed by atoms with Gasteiger partial charge < -0.3 is 14.0 Å². The Kier molecular flexibility index (Phi) is 5.96. The number of methoxy groups -OCH3 is 2. The molecule has 0 saturated carbocycles. The average molecular weight is 357 g/mol. The van der Waals surface area contributed by atoms with E-state index in [0.29, 0.717) is 0 Å². The first kappa shape index (κ1) is 18.5. The van der Waals surface area contributed by atoms with Gasteiger partial charge in [-0.3, -0.25) is 14.6 Å². The number of benzene rings is 1. The molecule has 0 bridgehead atoms. The van der Waals surface area contributed by atoms with Gasteiger partial charge in [-0.15, -0.1) is 0 Å². The van der Waals surface area contributed by atoms with E-state index in [4.69, 9.17) is 9.47 Å². The van der Waals surface area contributed by atoms with Crippen LogP contribution in [0.15, 0.2) is 41.3 Å². The minimum absolute atomic E-state index is 0.0475. The molecular weight excluding hydrogens is 330 g/mol. The molecule has 3 rings (SSSR count). The fourth-order valence-electron chi connectivity index (χ4n) is 3.30. The molecular formula is C20H27N3O3. The maximum Gasteiger partial charge on any atom is 0.250 e. The van der Waals surface area contributed by atoms with Crippen LogP contribution in [0.5, 0.6) is 11.5 Å². The molecule has 1 aliphatic heterocycles. The summed E-state index contributed by atoms with van der Waals surface area (Å²) < 4.78 is 12.4. The Bertz CT molecular complexity index is 795. The molecule has 1 aromatic heterocycles. The third-order valence-corrected chi connectivity index (χ3v) is 4.92. The maximum absolute atomic E-state index is 11.8. The normalized spacial score (nSPS) is 15.8. The van der Waals surface area contributed by atoms with E-state index < -0.39 is 0 Å². The zero-order chi connectivity index (χ0) is 18.5. The van der Waals surface area contributed by atoms with E-state index in [9.17, 15) is 4.79 Å². The first-order valence-corrected chi connectivity index (χ1v) is 8.90. The van der Waals surface area contributed by atoms with E-state index in [1.165, 1.54) is 0 Å². The van der Waals surface area contributed by atoms with Crippen LogP contribution in [0.25, 0.3) is 0 Å². The molecule has 0 unspecified atom stereocenters. The quantitative estimate of drug-likeness (QED) is 0.788. The lowest BCUT2D eigenvalue weighted by Gasteiger charge is -2.35. The van der Waals surface area contributed by atoms with Crippen LogP contribution in [-0.4, -0.2) is 54.8 Å². The molecule has 1 aromatic carbocycles. The Labute approximate surface area is 154 Å². The van der Waals surface area contributed by atoms with Crippen molar-refractivity contribution in [2.45, 2.75) is 13.1 Å². The van der Waals surface area contributed by atoms with Crippen molar-refractivity contribution in [1.29, 1.82) is 0 Å². The molecule has 1 aliphatic rings. The number of pyridine rings is 1. The number of nitrogens with zero attached hydrogens (tertiary/aromatic N) is 3. The van der Waals surface area contributed by atoms with Crippen LogP contribution in [0.4, 0.5) is 0 Å². The van der Waals surface area contributed by atoms with Crippen LogP contribution in [0, 0.1) is 0 Å². The highest BCUT2D eigenvalue weighted by Gasteiger charge is 2.19. The molecule has 140 valence electrons. The summed E-state index contributed by atoms with van der Waals surface area (Å²) >= 11 is 0. The van der Waals surface area contributed by atoms with Crippen LogP contribution in [-0.2, 0) is 20.1 Å². The van der Waals surface area contributed by atoms with Crippen molar-refractivity contribution < 1.29 is 9.47 Å². The number of piperazine rings is 1. The van der Waals surface area contributed by atoms with Crippen LogP contribution in [0.1, 0.15) is 11.1 Å². The van der Waals surface area contributed by atoms with Gasteiger partial charge in [0.1, 0.15) is 11.5 Å². The van der Waals surface area contributed by atoms with Crippen LogP contribution < -0.4 is 15.0 Å². The number of aromatic nitrogens is 1. The Balaban J connectivity index is 1.57. The van der Waals surface area contributed by atoms with Gasteiger partial charge in [-0.2, -0.15) is 0 Å². The van der Waals surface area contributed by atoms with Gasteiger partial charge in [-0.05, 0) is 29.8 Å². The zero-order valence-corrected chi connectivity index (χ0v) is 15.8. The van der Waals surface area contributed by atoms with Gasteiger partial charge in [0, 0.05) is 64.1 Å². The van der Waals surface area contributed by atoms with Gasteiger partial charge in [0.05, 0.1) is 14.2 Å². The molecule has 6 heteroatoms. The topological polar surface area (TPSA) is 46.9 Å². The summed E-state index contributed by atoms with van der Waals surface area (Å²) in [6.07, 6.45) is 1.84. The maximum atomic E-state index is 11.8. The second-order valence-electron chi connectivity index (χ2n) is 6.71. The fourth-order valence-corrected chi connectivity index (χ4v) is 3.30. The number of hydrogen-bond donors (Lipinski definition) is 0. The standard InChI is InChI=1S/C20H27N3O3/c1-21-7-6-16(12-20(21)24)14-22-8-10-23(11-9-22)15-17-13-18(25-2)4-5-19(17)26-3/h4-7,12-13H,8-11,14-15H2,1-3H3. The summed E-state index contributed by atoms with van der Waals surface area (Å²) in [6.45, 7) is 5.63. The molecule has 0 atom stereocenters. The van der Waals surface area contributed by atoms with Crippen molar-refractivity contribution in [3.05, 3.63) is 58.0 Å². The Morgan fingerprint density at radius 3 is 2.23 bits per heavy atom. The van der Waals surface area contributed by atoms with Gasteiger partial charge in [-0.1, -0.05) is 0 Å². The molecule has 6 nitrogen and oxygen atoms in total. The number of ether oxygens (including phenoxy) is 2. The molecule has 0 amide bonds. The second-order valence-corrected chi connectivity index (χ2v) is 6.71. The molecule has 0 spiro atoms. The summed E-state index contributed by atoms with van der Waals surface area (Å²) in [6, 6.07) is 9.68. The summed E-state index contributed by atoms with van der Waals surface area (Å²) in [5.74, 6) is 1.75. The lowest BCUT2D eigenvalue weighted by molar-refractivity contribution is 0.121. The minimum Gasteiger partial charge on any atom is -0.497 e. The van der Waals surface area contributed by atoms with E-state index in [-0.39, 0.29) is 5.56 Å². The van der Waals surface area contributed by atoms with Gasteiger partial charge >= 0.3 is 0 Å². The summed E-state index contributed by atoms with van der Waals surface area (Å²) in [5.41, 5.74) is 2.27. The smallest absolute Gasteiger partial charge is 0.250 e. The van der Waals surface area contributed by atoms with Crippen molar-refractivity contribution in [1.82, 2.24) is 14.4 Å². The van der Waals surface area contributed by atoms with Gasteiger partial charge in [0.2, 0.25) is 0 Å². The van der Waals surface area contributed by atoms with E-state index in [1.54, 1.807) is 31.9 Å². The predicted molar refractivity (Wildman–Crippen MR) is 102 cm³/mol. The fraction of sp³-hybridized carbons (Fsp3) is 0.450. The summed E-state index contributed by atoms with van der Waals surface area (Å²) in [4.78, 5) is 16.6. The molecule has 2 aromatic rings. The summed E-state index contributed by atoms with van der Waals surface area (Å²) in [5, 5.41) is 0. The molecule has 26 heavy (non-hydrogen) atoms. The third-order valence-electron chi connectivity index (χ3n) is 4.92. The highest BCUT2D eigenvalue weighted by Crippen LogP contribution is 2.25. The molecule has 0 N–H and O–H groups in total. The average Bonchev–Trinajstić information content (AvgIpc) is 2.66. The zero-order valence-electron chi connectivity index (χ0n) is 15.8. The summed E-state index contributed by atoms with van der Waals surface area (Å²) in [7, 11) is 5.16. The minimum atomic E-state index is 0.0475. The van der Waals surface area contributed by atoms with Crippen molar-refractivity contribution in [2.24, 2.45) is 7.05 Å². The Morgan fingerprint density at radius 2 is 1.62 bits per heavy atom. The highest BCUT2D eigenvalue weighted by atomic mass is 16.5. The van der Waals surface area contributed by atoms with Crippen molar-refractivity contribution in [3.63, 3.8) is 0 Å². The largest absolute Gasteiger partial charge is 0.497 e. The monoisotopic (exact) mass is 357 g/mol. The molecule has 1 fully saturated rings. The van der Waals surface area contributed by atoms with Crippen LogP contribution in [0.3, 0.4) is 0 Å². The number of hydrogen-bond acceptors (Lipinski definition) is 5. The van der Waals surface area contributed by atoms with Crippen molar-refractivity contribution >= 4 is 0 Å².